The molecule has 104 valence electrons. The van der Waals surface area contributed by atoms with Crippen LogP contribution in [0.2, 0.25) is 0 Å². The van der Waals surface area contributed by atoms with Gasteiger partial charge in [0.15, 0.2) is 5.82 Å². The first kappa shape index (κ1) is 12.9. The zero-order valence-corrected chi connectivity index (χ0v) is 11.7. The zero-order valence-electron chi connectivity index (χ0n) is 11.7. The summed E-state index contributed by atoms with van der Waals surface area (Å²) in [7, 11) is 2.13. The number of rotatable bonds is 2. The molecular formula is C15H19N5. The number of nitrogen functional groups attached to an aromatic ring is 1. The maximum atomic E-state index is 6.30. The van der Waals surface area contributed by atoms with Gasteiger partial charge in [0.1, 0.15) is 12.0 Å². The highest BCUT2D eigenvalue weighted by Crippen LogP contribution is 2.30. The van der Waals surface area contributed by atoms with Crippen molar-refractivity contribution in [1.29, 1.82) is 0 Å². The van der Waals surface area contributed by atoms with Gasteiger partial charge in [-0.1, -0.05) is 30.3 Å². The summed E-state index contributed by atoms with van der Waals surface area (Å²) in [5.41, 5.74) is 8.81. The largest absolute Gasteiger partial charge is 0.394 e. The Balaban J connectivity index is 1.94. The van der Waals surface area contributed by atoms with Crippen LogP contribution in [0.5, 0.6) is 0 Å². The maximum absolute atomic E-state index is 6.30. The Hall–Kier alpha value is -2.14. The van der Waals surface area contributed by atoms with E-state index in [1.807, 2.05) is 30.3 Å². The van der Waals surface area contributed by atoms with Crippen LogP contribution in [0.3, 0.4) is 0 Å². The molecule has 1 saturated heterocycles. The molecule has 0 aliphatic carbocycles. The van der Waals surface area contributed by atoms with Gasteiger partial charge in [0, 0.05) is 31.7 Å². The van der Waals surface area contributed by atoms with Crippen molar-refractivity contribution < 1.29 is 0 Å². The molecule has 1 aromatic heterocycles. The highest BCUT2D eigenvalue weighted by molar-refractivity contribution is 5.80. The number of nitrogens with zero attached hydrogens (tertiary/aromatic N) is 4. The minimum atomic E-state index is 0.670. The fourth-order valence-corrected chi connectivity index (χ4v) is 2.48. The molecule has 0 bridgehead atoms. The van der Waals surface area contributed by atoms with Gasteiger partial charge in [-0.2, -0.15) is 0 Å². The molecule has 5 nitrogen and oxygen atoms in total. The Morgan fingerprint density at radius 2 is 1.70 bits per heavy atom. The molecule has 3 rings (SSSR count). The number of hydrogen-bond donors (Lipinski definition) is 1. The molecule has 2 aromatic rings. The topological polar surface area (TPSA) is 58.3 Å². The summed E-state index contributed by atoms with van der Waals surface area (Å²) in [5.74, 6) is 0.854. The molecule has 5 heteroatoms. The van der Waals surface area contributed by atoms with Crippen LogP contribution in [-0.2, 0) is 0 Å². The highest BCUT2D eigenvalue weighted by atomic mass is 15.3. The van der Waals surface area contributed by atoms with Gasteiger partial charge in [0.05, 0.1) is 5.69 Å². The summed E-state index contributed by atoms with van der Waals surface area (Å²) >= 11 is 0. The Kier molecular flexibility index (Phi) is 3.52. The summed E-state index contributed by atoms with van der Waals surface area (Å²) < 4.78 is 0. The molecule has 2 N–H and O–H groups in total. The lowest BCUT2D eigenvalue weighted by atomic mass is 10.1. The number of benzene rings is 1. The first-order valence-corrected chi connectivity index (χ1v) is 6.85. The third-order valence-corrected chi connectivity index (χ3v) is 3.71. The Morgan fingerprint density at radius 3 is 2.40 bits per heavy atom. The molecular weight excluding hydrogens is 250 g/mol. The molecule has 1 aliphatic heterocycles. The summed E-state index contributed by atoms with van der Waals surface area (Å²) in [5, 5.41) is 0. The maximum Gasteiger partial charge on any atom is 0.155 e. The van der Waals surface area contributed by atoms with E-state index in [4.69, 9.17) is 5.73 Å². The number of piperazine rings is 1. The predicted molar refractivity (Wildman–Crippen MR) is 81.6 cm³/mol. The van der Waals surface area contributed by atoms with Gasteiger partial charge in [-0.25, -0.2) is 9.97 Å². The van der Waals surface area contributed by atoms with Gasteiger partial charge < -0.3 is 15.5 Å². The number of hydrogen-bond acceptors (Lipinski definition) is 5. The van der Waals surface area contributed by atoms with Crippen molar-refractivity contribution in [3.05, 3.63) is 36.7 Å². The summed E-state index contributed by atoms with van der Waals surface area (Å²) in [6.07, 6.45) is 1.60. The lowest BCUT2D eigenvalue weighted by Crippen LogP contribution is -2.45. The van der Waals surface area contributed by atoms with E-state index in [1.165, 1.54) is 0 Å². The second-order valence-corrected chi connectivity index (χ2v) is 5.12. The van der Waals surface area contributed by atoms with Gasteiger partial charge in [-0.15, -0.1) is 0 Å². The molecule has 0 amide bonds. The second kappa shape index (κ2) is 5.46. The Labute approximate surface area is 119 Å². The molecule has 1 aliphatic rings. The Morgan fingerprint density at radius 1 is 1.00 bits per heavy atom. The van der Waals surface area contributed by atoms with Gasteiger partial charge in [-0.05, 0) is 7.05 Å². The number of nitrogens with two attached hydrogens (primary N) is 1. The standard InChI is InChI=1S/C15H19N5/c1-19-7-9-20(10-8-19)15-13(16)14(17-11-18-15)12-5-3-2-4-6-12/h2-6,11H,7-10,16H2,1H3. The van der Waals surface area contributed by atoms with E-state index in [2.05, 4.69) is 26.8 Å². The van der Waals surface area contributed by atoms with E-state index in [0.29, 0.717) is 5.69 Å². The third-order valence-electron chi connectivity index (χ3n) is 3.71. The minimum Gasteiger partial charge on any atom is -0.394 e. The molecule has 2 heterocycles. The van der Waals surface area contributed by atoms with Gasteiger partial charge in [0.2, 0.25) is 0 Å². The van der Waals surface area contributed by atoms with Crippen molar-refractivity contribution >= 4 is 11.5 Å². The van der Waals surface area contributed by atoms with Crippen LogP contribution in [-0.4, -0.2) is 48.1 Å². The molecule has 20 heavy (non-hydrogen) atoms. The molecule has 0 unspecified atom stereocenters. The number of anilines is 2. The molecule has 0 spiro atoms. The van der Waals surface area contributed by atoms with Gasteiger partial charge >= 0.3 is 0 Å². The Bertz CT molecular complexity index is 576. The van der Waals surface area contributed by atoms with E-state index >= 15 is 0 Å². The second-order valence-electron chi connectivity index (χ2n) is 5.12. The zero-order chi connectivity index (χ0) is 13.9. The van der Waals surface area contributed by atoms with Crippen molar-refractivity contribution in [2.24, 2.45) is 0 Å². The molecule has 1 fully saturated rings. The van der Waals surface area contributed by atoms with Crippen molar-refractivity contribution in [1.82, 2.24) is 14.9 Å². The van der Waals surface area contributed by atoms with Crippen LogP contribution in [0.15, 0.2) is 36.7 Å². The average Bonchev–Trinajstić information content (AvgIpc) is 2.49. The van der Waals surface area contributed by atoms with E-state index < -0.39 is 0 Å². The van der Waals surface area contributed by atoms with E-state index in [0.717, 1.165) is 43.3 Å². The minimum absolute atomic E-state index is 0.670. The van der Waals surface area contributed by atoms with E-state index in [-0.39, 0.29) is 0 Å². The van der Waals surface area contributed by atoms with Crippen molar-refractivity contribution in [2.75, 3.05) is 43.9 Å². The number of likely N-dealkylation sites (N-methyl/N-ethyl adjacent to an activating group) is 1. The van der Waals surface area contributed by atoms with Crippen molar-refractivity contribution in [3.8, 4) is 11.3 Å². The van der Waals surface area contributed by atoms with Crippen LogP contribution in [0.1, 0.15) is 0 Å². The number of aromatic nitrogens is 2. The lowest BCUT2D eigenvalue weighted by molar-refractivity contribution is 0.312. The normalized spacial score (nSPS) is 16.4. The van der Waals surface area contributed by atoms with Crippen LogP contribution < -0.4 is 10.6 Å². The van der Waals surface area contributed by atoms with Crippen LogP contribution in [0, 0.1) is 0 Å². The first-order chi connectivity index (χ1) is 9.75. The van der Waals surface area contributed by atoms with E-state index in [1.54, 1.807) is 6.33 Å². The van der Waals surface area contributed by atoms with Crippen LogP contribution >= 0.6 is 0 Å². The van der Waals surface area contributed by atoms with Crippen molar-refractivity contribution in [3.63, 3.8) is 0 Å². The fraction of sp³-hybridized carbons (Fsp3) is 0.333. The van der Waals surface area contributed by atoms with Gasteiger partial charge in [0.25, 0.3) is 0 Å². The molecule has 0 saturated carbocycles. The molecule has 0 atom stereocenters. The summed E-state index contributed by atoms with van der Waals surface area (Å²) in [4.78, 5) is 13.3. The lowest BCUT2D eigenvalue weighted by Gasteiger charge is -2.33. The van der Waals surface area contributed by atoms with Crippen molar-refractivity contribution in [2.45, 2.75) is 0 Å². The van der Waals surface area contributed by atoms with Crippen LogP contribution in [0.4, 0.5) is 11.5 Å². The SMILES string of the molecule is CN1CCN(c2ncnc(-c3ccccc3)c2N)CC1. The quantitative estimate of drug-likeness (QED) is 0.895. The summed E-state index contributed by atoms with van der Waals surface area (Å²) in [6, 6.07) is 10.0. The highest BCUT2D eigenvalue weighted by Gasteiger charge is 2.19. The average molecular weight is 269 g/mol. The fourth-order valence-electron chi connectivity index (χ4n) is 2.48. The predicted octanol–water partition coefficient (Wildman–Crippen LogP) is 1.48. The van der Waals surface area contributed by atoms with Gasteiger partial charge in [-0.3, -0.25) is 0 Å². The summed E-state index contributed by atoms with van der Waals surface area (Å²) in [6.45, 7) is 3.96. The van der Waals surface area contributed by atoms with E-state index in [9.17, 15) is 0 Å². The molecule has 1 aromatic carbocycles. The van der Waals surface area contributed by atoms with Crippen LogP contribution in [0.25, 0.3) is 11.3 Å². The third kappa shape index (κ3) is 2.44. The first-order valence-electron chi connectivity index (χ1n) is 6.85. The molecule has 0 radical (unpaired) electrons. The smallest absolute Gasteiger partial charge is 0.155 e. The monoisotopic (exact) mass is 269 g/mol.